The van der Waals surface area contributed by atoms with Crippen LogP contribution in [0.15, 0.2) is 60.7 Å². The van der Waals surface area contributed by atoms with Gasteiger partial charge in [-0.1, -0.05) is 23.7 Å². The molecule has 0 aliphatic rings. The number of aromatic amines is 2. The number of aromatic nitrogens is 4. The second-order valence-electron chi connectivity index (χ2n) is 6.22. The Hall–Kier alpha value is -3.62. The number of halogens is 1. The van der Waals surface area contributed by atoms with Crippen molar-refractivity contribution in [3.63, 3.8) is 0 Å². The maximum absolute atomic E-state index is 9.32. The van der Waals surface area contributed by atoms with E-state index in [0.717, 1.165) is 39.0 Å². The van der Waals surface area contributed by atoms with Gasteiger partial charge in [-0.25, -0.2) is 9.97 Å². The van der Waals surface area contributed by atoms with Gasteiger partial charge < -0.3 is 9.97 Å². The summed E-state index contributed by atoms with van der Waals surface area (Å²) < 4.78 is 0. The Labute approximate surface area is 159 Å². The zero-order chi connectivity index (χ0) is 18.4. The van der Waals surface area contributed by atoms with Crippen molar-refractivity contribution in [2.24, 2.45) is 0 Å². The molecule has 6 heteroatoms. The van der Waals surface area contributed by atoms with Crippen molar-refractivity contribution in [3.8, 4) is 28.8 Å². The highest BCUT2D eigenvalue weighted by Crippen LogP contribution is 2.28. The van der Waals surface area contributed by atoms with Crippen molar-refractivity contribution in [1.29, 1.82) is 5.26 Å². The second-order valence-corrected chi connectivity index (χ2v) is 6.66. The first-order chi connectivity index (χ1) is 13.2. The first-order valence-corrected chi connectivity index (χ1v) is 8.74. The Balaban J connectivity index is 1.62. The number of hydrogen-bond acceptors (Lipinski definition) is 3. The first-order valence-electron chi connectivity index (χ1n) is 8.36. The van der Waals surface area contributed by atoms with Gasteiger partial charge in [0.1, 0.15) is 11.6 Å². The van der Waals surface area contributed by atoms with Crippen LogP contribution in [-0.4, -0.2) is 19.9 Å². The molecule has 0 fully saturated rings. The Morgan fingerprint density at radius 3 is 2.37 bits per heavy atom. The van der Waals surface area contributed by atoms with Crippen molar-refractivity contribution < 1.29 is 0 Å². The lowest BCUT2D eigenvalue weighted by atomic mass is 10.1. The normalized spacial score (nSPS) is 11.1. The number of nitriles is 1. The number of benzene rings is 3. The smallest absolute Gasteiger partial charge is 0.139 e. The predicted octanol–water partition coefficient (Wildman–Crippen LogP) is 5.30. The highest BCUT2D eigenvalue weighted by atomic mass is 35.5. The lowest BCUT2D eigenvalue weighted by molar-refractivity contribution is 1.32. The lowest BCUT2D eigenvalue weighted by Gasteiger charge is -1.98. The van der Waals surface area contributed by atoms with Crippen molar-refractivity contribution in [2.75, 3.05) is 0 Å². The highest BCUT2D eigenvalue weighted by molar-refractivity contribution is 6.31. The van der Waals surface area contributed by atoms with E-state index in [2.05, 4.69) is 26.0 Å². The molecule has 0 amide bonds. The minimum absolute atomic E-state index is 0.589. The summed E-state index contributed by atoms with van der Waals surface area (Å²) in [6.07, 6.45) is 0. The maximum atomic E-state index is 9.32. The molecule has 5 nitrogen and oxygen atoms in total. The Morgan fingerprint density at radius 1 is 0.815 bits per heavy atom. The molecular weight excluding hydrogens is 358 g/mol. The summed E-state index contributed by atoms with van der Waals surface area (Å²) in [5, 5.41) is 9.98. The average molecular weight is 370 g/mol. The third kappa shape index (κ3) is 2.64. The van der Waals surface area contributed by atoms with Crippen molar-refractivity contribution >= 4 is 33.7 Å². The largest absolute Gasteiger partial charge is 0.338 e. The summed E-state index contributed by atoms with van der Waals surface area (Å²) in [6.45, 7) is 0. The standard InChI is InChI=1S/C21H12ClN5/c22-14-6-8-17-19(10-14)26-20(24-17)12-5-7-16-18(9-12)27-21(25-16)15-4-2-1-3-13(15)11-23/h1-10H,(H,24,26)(H,25,27). The molecule has 0 saturated carbocycles. The molecule has 0 spiro atoms. The second kappa shape index (κ2) is 5.97. The van der Waals surface area contributed by atoms with Crippen LogP contribution >= 0.6 is 11.6 Å². The number of imidazole rings is 2. The molecule has 0 aliphatic carbocycles. The van der Waals surface area contributed by atoms with Gasteiger partial charge in [-0.3, -0.25) is 0 Å². The van der Waals surface area contributed by atoms with Gasteiger partial charge in [0.05, 0.1) is 33.7 Å². The Bertz CT molecular complexity index is 1360. The summed E-state index contributed by atoms with van der Waals surface area (Å²) in [7, 11) is 0. The van der Waals surface area contributed by atoms with Crippen LogP contribution in [0.25, 0.3) is 44.8 Å². The van der Waals surface area contributed by atoms with E-state index in [-0.39, 0.29) is 0 Å². The fourth-order valence-corrected chi connectivity index (χ4v) is 3.35. The lowest BCUT2D eigenvalue weighted by Crippen LogP contribution is -1.85. The number of H-pyrrole nitrogens is 2. The van der Waals surface area contributed by atoms with E-state index in [4.69, 9.17) is 11.6 Å². The quantitative estimate of drug-likeness (QED) is 0.443. The van der Waals surface area contributed by atoms with E-state index in [1.54, 1.807) is 6.07 Å². The van der Waals surface area contributed by atoms with Gasteiger partial charge in [0.15, 0.2) is 0 Å². The van der Waals surface area contributed by atoms with Gasteiger partial charge in [-0.15, -0.1) is 0 Å². The predicted molar refractivity (Wildman–Crippen MR) is 106 cm³/mol. The first kappa shape index (κ1) is 15.6. The molecule has 0 radical (unpaired) electrons. The van der Waals surface area contributed by atoms with Gasteiger partial charge >= 0.3 is 0 Å². The number of nitrogens with one attached hydrogen (secondary N) is 2. The average Bonchev–Trinajstić information content (AvgIpc) is 3.30. The summed E-state index contributed by atoms with van der Waals surface area (Å²) in [4.78, 5) is 15.9. The molecule has 128 valence electrons. The fourth-order valence-electron chi connectivity index (χ4n) is 3.18. The number of hydrogen-bond donors (Lipinski definition) is 2. The minimum atomic E-state index is 0.589. The van der Waals surface area contributed by atoms with E-state index in [0.29, 0.717) is 16.4 Å². The van der Waals surface area contributed by atoms with E-state index in [9.17, 15) is 5.26 Å². The molecule has 0 bridgehead atoms. The van der Waals surface area contributed by atoms with Crippen LogP contribution in [0.5, 0.6) is 0 Å². The topological polar surface area (TPSA) is 81.2 Å². The zero-order valence-corrected chi connectivity index (χ0v) is 14.7. The van der Waals surface area contributed by atoms with Gasteiger partial charge in [0.25, 0.3) is 0 Å². The van der Waals surface area contributed by atoms with E-state index in [1.165, 1.54) is 0 Å². The molecule has 2 aromatic heterocycles. The van der Waals surface area contributed by atoms with E-state index >= 15 is 0 Å². The van der Waals surface area contributed by atoms with Crippen molar-refractivity contribution in [1.82, 2.24) is 19.9 Å². The van der Waals surface area contributed by atoms with Crippen molar-refractivity contribution in [3.05, 3.63) is 71.2 Å². The number of nitrogens with zero attached hydrogens (tertiary/aromatic N) is 3. The molecule has 27 heavy (non-hydrogen) atoms. The number of fused-ring (bicyclic) bond motifs is 2. The van der Waals surface area contributed by atoms with Crippen molar-refractivity contribution in [2.45, 2.75) is 0 Å². The van der Waals surface area contributed by atoms with Crippen LogP contribution in [0.2, 0.25) is 5.02 Å². The Morgan fingerprint density at radius 2 is 1.52 bits per heavy atom. The molecule has 0 atom stereocenters. The summed E-state index contributed by atoms with van der Waals surface area (Å²) in [5.41, 5.74) is 5.78. The van der Waals surface area contributed by atoms with Crippen LogP contribution in [0, 0.1) is 11.3 Å². The van der Waals surface area contributed by atoms with E-state index in [1.807, 2.05) is 54.6 Å². The molecular formula is C21H12ClN5. The van der Waals surface area contributed by atoms with Crippen LogP contribution in [0.1, 0.15) is 5.56 Å². The fraction of sp³-hybridized carbons (Fsp3) is 0. The zero-order valence-electron chi connectivity index (χ0n) is 14.0. The van der Waals surface area contributed by atoms with E-state index < -0.39 is 0 Å². The third-order valence-electron chi connectivity index (χ3n) is 4.50. The molecule has 5 aromatic rings. The monoisotopic (exact) mass is 369 g/mol. The third-order valence-corrected chi connectivity index (χ3v) is 4.74. The van der Waals surface area contributed by atoms with Crippen LogP contribution in [0.3, 0.4) is 0 Å². The maximum Gasteiger partial charge on any atom is 0.139 e. The van der Waals surface area contributed by atoms with Gasteiger partial charge in [0, 0.05) is 16.1 Å². The Kier molecular flexibility index (Phi) is 3.46. The minimum Gasteiger partial charge on any atom is -0.338 e. The molecule has 2 heterocycles. The highest BCUT2D eigenvalue weighted by Gasteiger charge is 2.12. The summed E-state index contributed by atoms with van der Waals surface area (Å²) in [5.74, 6) is 1.44. The van der Waals surface area contributed by atoms with Crippen LogP contribution < -0.4 is 0 Å². The number of rotatable bonds is 2. The van der Waals surface area contributed by atoms with Gasteiger partial charge in [0.2, 0.25) is 0 Å². The molecule has 3 aromatic carbocycles. The van der Waals surface area contributed by atoms with Crippen LogP contribution in [0.4, 0.5) is 0 Å². The van der Waals surface area contributed by atoms with Gasteiger partial charge in [-0.05, 0) is 48.5 Å². The summed E-state index contributed by atoms with van der Waals surface area (Å²) in [6, 6.07) is 21.1. The van der Waals surface area contributed by atoms with Crippen LogP contribution in [-0.2, 0) is 0 Å². The summed E-state index contributed by atoms with van der Waals surface area (Å²) >= 11 is 6.05. The van der Waals surface area contributed by atoms with Gasteiger partial charge in [-0.2, -0.15) is 5.26 Å². The molecule has 5 rings (SSSR count). The molecule has 2 N–H and O–H groups in total. The SMILES string of the molecule is N#Cc1ccccc1-c1nc2cc(-c3nc4cc(Cl)ccc4[nH]3)ccc2[nH]1. The molecule has 0 saturated heterocycles. The molecule has 0 unspecified atom stereocenters. The molecule has 0 aliphatic heterocycles.